The molecule has 0 fully saturated rings. The minimum absolute atomic E-state index is 0.117. The Morgan fingerprint density at radius 2 is 1.81 bits per heavy atom. The molecule has 0 aliphatic heterocycles. The Hall–Kier alpha value is -2.60. The van der Waals surface area contributed by atoms with Crippen LogP contribution < -0.4 is 5.32 Å². The maximum atomic E-state index is 12.6. The van der Waals surface area contributed by atoms with E-state index in [9.17, 15) is 14.4 Å². The van der Waals surface area contributed by atoms with Gasteiger partial charge in [0.2, 0.25) is 5.91 Å². The number of carbonyl (C=O) groups excluding carboxylic acids is 3. The molecule has 0 bridgehead atoms. The van der Waals surface area contributed by atoms with Crippen molar-refractivity contribution in [2.24, 2.45) is 5.92 Å². The van der Waals surface area contributed by atoms with Crippen LogP contribution in [-0.2, 0) is 32.1 Å². The molecule has 0 aliphatic rings. The summed E-state index contributed by atoms with van der Waals surface area (Å²) in [6.45, 7) is 0.448. The number of esters is 1. The lowest BCUT2D eigenvalue weighted by Gasteiger charge is -2.16. The third-order valence-corrected chi connectivity index (χ3v) is 4.50. The van der Waals surface area contributed by atoms with Gasteiger partial charge in [0.1, 0.15) is 13.2 Å². The van der Waals surface area contributed by atoms with E-state index in [4.69, 9.17) is 11.6 Å². The SMILES string of the molecule is [2H]c1c([2H])c([2H])c(COC(=O)CNC(=O)C(CSC(C)=O)Cc2ccccc2)c([2H])c1[2H]. The first kappa shape index (κ1) is 14.5. The van der Waals surface area contributed by atoms with E-state index in [0.29, 0.717) is 6.42 Å². The summed E-state index contributed by atoms with van der Waals surface area (Å²) in [7, 11) is 0. The van der Waals surface area contributed by atoms with Crippen LogP contribution in [0.1, 0.15) is 24.9 Å². The van der Waals surface area contributed by atoms with Crippen molar-refractivity contribution in [1.82, 2.24) is 5.32 Å². The second kappa shape index (κ2) is 11.2. The van der Waals surface area contributed by atoms with Crippen LogP contribution in [0, 0.1) is 5.92 Å². The van der Waals surface area contributed by atoms with Gasteiger partial charge in [-0.3, -0.25) is 14.4 Å². The molecular weight excluding hydrogens is 362 g/mol. The van der Waals surface area contributed by atoms with Crippen molar-refractivity contribution in [3.63, 3.8) is 0 Å². The van der Waals surface area contributed by atoms with Crippen LogP contribution in [0.3, 0.4) is 0 Å². The smallest absolute Gasteiger partial charge is 0.325 e. The average molecular weight is 391 g/mol. The highest BCUT2D eigenvalue weighted by molar-refractivity contribution is 8.13. The Bertz CT molecular complexity index is 974. The van der Waals surface area contributed by atoms with Crippen molar-refractivity contribution >= 4 is 28.8 Å². The predicted molar refractivity (Wildman–Crippen MR) is 106 cm³/mol. The predicted octanol–water partition coefficient (Wildman–Crippen LogP) is 2.98. The number of nitrogens with one attached hydrogen (secondary N) is 1. The van der Waals surface area contributed by atoms with Crippen LogP contribution in [0.25, 0.3) is 0 Å². The fraction of sp³-hybridized carbons (Fsp3) is 0.286. The van der Waals surface area contributed by atoms with Crippen LogP contribution in [0.5, 0.6) is 0 Å². The molecule has 1 atom stereocenters. The number of hydrogen-bond donors (Lipinski definition) is 1. The highest BCUT2D eigenvalue weighted by atomic mass is 32.2. The van der Waals surface area contributed by atoms with E-state index in [-0.39, 0.29) is 16.4 Å². The molecule has 0 spiro atoms. The summed E-state index contributed by atoms with van der Waals surface area (Å²) < 4.78 is 43.5. The first-order valence-electron chi connectivity index (χ1n) is 10.8. The van der Waals surface area contributed by atoms with Crippen LogP contribution in [0.15, 0.2) is 60.5 Å². The van der Waals surface area contributed by atoms with Gasteiger partial charge >= 0.3 is 5.97 Å². The third kappa shape index (κ3) is 8.09. The van der Waals surface area contributed by atoms with Crippen molar-refractivity contribution in [1.29, 1.82) is 0 Å². The highest BCUT2D eigenvalue weighted by Gasteiger charge is 2.21. The molecule has 0 saturated heterocycles. The van der Waals surface area contributed by atoms with Crippen LogP contribution in [0.4, 0.5) is 0 Å². The molecule has 0 heterocycles. The normalized spacial score (nSPS) is 14.0. The summed E-state index contributed by atoms with van der Waals surface area (Å²) in [6.07, 6.45) is 0.393. The minimum atomic E-state index is -0.817. The molecule has 6 heteroatoms. The Labute approximate surface area is 170 Å². The van der Waals surface area contributed by atoms with Crippen LogP contribution in [-0.4, -0.2) is 29.3 Å². The lowest BCUT2D eigenvalue weighted by Crippen LogP contribution is -2.37. The van der Waals surface area contributed by atoms with Crippen LogP contribution in [0.2, 0.25) is 0 Å². The Morgan fingerprint density at radius 1 is 1.11 bits per heavy atom. The molecule has 0 radical (unpaired) electrons. The van der Waals surface area contributed by atoms with Crippen molar-refractivity contribution in [3.05, 3.63) is 71.7 Å². The maximum Gasteiger partial charge on any atom is 0.325 e. The fourth-order valence-electron chi connectivity index (χ4n) is 2.20. The quantitative estimate of drug-likeness (QED) is 0.667. The number of hydrogen-bond acceptors (Lipinski definition) is 5. The van der Waals surface area contributed by atoms with E-state index in [1.54, 1.807) is 0 Å². The van der Waals surface area contributed by atoms with E-state index < -0.39 is 61.2 Å². The van der Waals surface area contributed by atoms with Gasteiger partial charge in [0.25, 0.3) is 0 Å². The molecule has 142 valence electrons. The molecule has 1 amide bonds. The molecule has 2 aromatic rings. The van der Waals surface area contributed by atoms with Gasteiger partial charge in [-0.05, 0) is 17.5 Å². The lowest BCUT2D eigenvalue weighted by molar-refractivity contribution is -0.145. The summed E-state index contributed by atoms with van der Waals surface area (Å²) in [5.74, 6) is -1.52. The summed E-state index contributed by atoms with van der Waals surface area (Å²) in [5.41, 5.74) is 0.774. The molecule has 27 heavy (non-hydrogen) atoms. The monoisotopic (exact) mass is 390 g/mol. The number of benzene rings is 2. The second-order valence-corrected chi connectivity index (χ2v) is 6.87. The molecule has 0 aromatic heterocycles. The first-order valence-corrected chi connectivity index (χ1v) is 9.26. The van der Waals surface area contributed by atoms with Gasteiger partial charge in [-0.25, -0.2) is 0 Å². The topological polar surface area (TPSA) is 72.5 Å². The second-order valence-electron chi connectivity index (χ2n) is 5.67. The standard InChI is InChI=1S/C21H23NO4S/c1-16(23)27-15-19(12-17-8-4-2-5-9-17)21(25)22-13-20(24)26-14-18-10-6-3-7-11-18/h2-11,19H,12-15H2,1H3,(H,22,25)/i3D,6D,7D,10D,11D. The number of ether oxygens (including phenoxy) is 1. The first-order chi connectivity index (χ1) is 15.1. The van der Waals surface area contributed by atoms with Gasteiger partial charge in [0.05, 0.1) is 12.8 Å². The van der Waals surface area contributed by atoms with Crippen LogP contribution >= 0.6 is 11.8 Å². The van der Waals surface area contributed by atoms with E-state index >= 15 is 0 Å². The zero-order valence-electron chi connectivity index (χ0n) is 19.8. The zero-order chi connectivity index (χ0) is 23.8. The maximum absolute atomic E-state index is 12.6. The third-order valence-electron chi connectivity index (χ3n) is 3.52. The van der Waals surface area contributed by atoms with Gasteiger partial charge in [0, 0.05) is 12.7 Å². The number of thioether (sulfide) groups is 1. The summed E-state index contributed by atoms with van der Waals surface area (Å²) in [6, 6.07) is 6.82. The molecule has 2 aromatic carbocycles. The van der Waals surface area contributed by atoms with Crippen molar-refractivity contribution in [2.45, 2.75) is 20.0 Å². The lowest BCUT2D eigenvalue weighted by atomic mass is 10.0. The van der Waals surface area contributed by atoms with Crippen molar-refractivity contribution in [3.8, 4) is 0 Å². The van der Waals surface area contributed by atoms with Gasteiger partial charge < -0.3 is 10.1 Å². The highest BCUT2D eigenvalue weighted by Crippen LogP contribution is 2.16. The van der Waals surface area contributed by atoms with Gasteiger partial charge in [-0.2, -0.15) is 0 Å². The number of carbonyl (C=O) groups is 3. The molecule has 2 rings (SSSR count). The summed E-state index contributed by atoms with van der Waals surface area (Å²) in [4.78, 5) is 36.0. The van der Waals surface area contributed by atoms with Gasteiger partial charge in [0.15, 0.2) is 5.12 Å². The van der Waals surface area contributed by atoms with E-state index in [1.807, 2.05) is 30.3 Å². The van der Waals surface area contributed by atoms with E-state index in [1.165, 1.54) is 6.92 Å². The summed E-state index contributed by atoms with van der Waals surface area (Å²) in [5, 5.41) is 2.37. The summed E-state index contributed by atoms with van der Waals surface area (Å²) >= 11 is 1.03. The largest absolute Gasteiger partial charge is 0.460 e. The average Bonchev–Trinajstić information content (AvgIpc) is 2.78. The molecular formula is C21H23NO4S. The Morgan fingerprint density at radius 3 is 2.48 bits per heavy atom. The molecule has 5 nitrogen and oxygen atoms in total. The fourth-order valence-corrected chi connectivity index (χ4v) is 2.90. The van der Waals surface area contributed by atoms with Gasteiger partial charge in [-0.15, -0.1) is 0 Å². The van der Waals surface area contributed by atoms with Crippen molar-refractivity contribution in [2.75, 3.05) is 12.3 Å². The Kier molecular flexibility index (Phi) is 5.99. The zero-order valence-corrected chi connectivity index (χ0v) is 15.7. The van der Waals surface area contributed by atoms with Crippen molar-refractivity contribution < 1.29 is 26.0 Å². The molecule has 1 N–H and O–H groups in total. The van der Waals surface area contributed by atoms with E-state index in [0.717, 1.165) is 17.3 Å². The van der Waals surface area contributed by atoms with Gasteiger partial charge in [-0.1, -0.05) is 72.3 Å². The molecule has 0 aliphatic carbocycles. The number of amides is 1. The van der Waals surface area contributed by atoms with E-state index in [2.05, 4.69) is 5.32 Å². The Balaban J connectivity index is 1.96. The molecule has 0 saturated carbocycles. The number of rotatable bonds is 9. The minimum Gasteiger partial charge on any atom is -0.460 e. The molecule has 1 unspecified atom stereocenters.